The van der Waals surface area contributed by atoms with Gasteiger partial charge in [-0.2, -0.15) is 0 Å². The van der Waals surface area contributed by atoms with Crippen molar-refractivity contribution in [3.8, 4) is 0 Å². The van der Waals surface area contributed by atoms with Gasteiger partial charge in [0.2, 0.25) is 0 Å². The third-order valence-corrected chi connectivity index (χ3v) is 2.76. The van der Waals surface area contributed by atoms with Crippen LogP contribution in [0.3, 0.4) is 0 Å². The Labute approximate surface area is 135 Å². The van der Waals surface area contributed by atoms with Crippen LogP contribution in [-0.2, 0) is 14.3 Å². The first kappa shape index (κ1) is 23.0. The fourth-order valence-corrected chi connectivity index (χ4v) is 1.87. The van der Waals surface area contributed by atoms with Gasteiger partial charge in [0, 0.05) is 12.1 Å². The number of carbonyl (C=O) groups excluding carboxylic acids is 2. The summed E-state index contributed by atoms with van der Waals surface area (Å²) < 4.78 is 9.34. The Kier molecular flexibility index (Phi) is 14.0. The number of alkyl carbamates (subject to hydrolysis) is 1. The molecule has 1 amide bonds. The van der Waals surface area contributed by atoms with Crippen LogP contribution in [-0.4, -0.2) is 36.9 Å². The second-order valence-corrected chi connectivity index (χ2v) is 5.75. The largest absolute Gasteiger partial charge is 0.468 e. The van der Waals surface area contributed by atoms with Gasteiger partial charge in [-0.25, -0.2) is 4.79 Å². The maximum atomic E-state index is 11.5. The van der Waals surface area contributed by atoms with E-state index in [4.69, 9.17) is 10.5 Å². The smallest absolute Gasteiger partial charge is 0.407 e. The van der Waals surface area contributed by atoms with Crippen LogP contribution in [0.25, 0.3) is 0 Å². The van der Waals surface area contributed by atoms with Crippen molar-refractivity contribution in [1.82, 2.24) is 5.32 Å². The van der Waals surface area contributed by atoms with Crippen molar-refractivity contribution in [2.75, 3.05) is 6.61 Å². The van der Waals surface area contributed by atoms with Crippen molar-refractivity contribution in [3.63, 3.8) is 0 Å². The van der Waals surface area contributed by atoms with Gasteiger partial charge in [0.05, 0.1) is 6.61 Å². The first-order valence-corrected chi connectivity index (χ1v) is 8.10. The molecule has 0 aromatic carbocycles. The molecular formula is C16H34N2O4. The predicted octanol–water partition coefficient (Wildman–Crippen LogP) is 2.99. The lowest BCUT2D eigenvalue weighted by molar-refractivity contribution is -0.128. The summed E-state index contributed by atoms with van der Waals surface area (Å²) >= 11 is 0. The van der Waals surface area contributed by atoms with Crippen LogP contribution in [0.4, 0.5) is 4.79 Å². The van der Waals surface area contributed by atoms with Gasteiger partial charge >= 0.3 is 6.09 Å². The molecule has 1 fully saturated rings. The molecule has 1 saturated carbocycles. The summed E-state index contributed by atoms with van der Waals surface area (Å²) in [5, 5.41) is 2.84. The van der Waals surface area contributed by atoms with Crippen LogP contribution >= 0.6 is 0 Å². The average molecular weight is 318 g/mol. The number of amides is 1. The number of hydrogen-bond donors (Lipinski definition) is 2. The van der Waals surface area contributed by atoms with E-state index in [1.807, 2.05) is 34.6 Å². The predicted molar refractivity (Wildman–Crippen MR) is 88.6 cm³/mol. The second kappa shape index (κ2) is 13.4. The molecule has 6 heteroatoms. The molecule has 132 valence electrons. The van der Waals surface area contributed by atoms with Crippen molar-refractivity contribution in [2.45, 2.75) is 84.9 Å². The summed E-state index contributed by atoms with van der Waals surface area (Å²) in [6.45, 7) is 12.2. The molecule has 0 aromatic rings. The van der Waals surface area contributed by atoms with Gasteiger partial charge in [-0.05, 0) is 40.5 Å². The SMILES string of the molecule is CC.CC(C)(C)OC(=O)NC1CCCCC1N.CCOC=O. The van der Waals surface area contributed by atoms with Crippen molar-refractivity contribution in [3.05, 3.63) is 0 Å². The van der Waals surface area contributed by atoms with Crippen LogP contribution in [0, 0.1) is 0 Å². The summed E-state index contributed by atoms with van der Waals surface area (Å²) in [7, 11) is 0. The van der Waals surface area contributed by atoms with Crippen molar-refractivity contribution < 1.29 is 19.1 Å². The van der Waals surface area contributed by atoms with Gasteiger partial charge in [0.1, 0.15) is 5.60 Å². The maximum Gasteiger partial charge on any atom is 0.407 e. The number of ether oxygens (including phenoxy) is 2. The molecule has 2 unspecified atom stereocenters. The Morgan fingerprint density at radius 2 is 1.82 bits per heavy atom. The van der Waals surface area contributed by atoms with E-state index in [-0.39, 0.29) is 18.2 Å². The summed E-state index contributed by atoms with van der Waals surface area (Å²) in [4.78, 5) is 20.7. The van der Waals surface area contributed by atoms with Gasteiger partial charge in [0.25, 0.3) is 6.47 Å². The minimum Gasteiger partial charge on any atom is -0.468 e. The summed E-state index contributed by atoms with van der Waals surface area (Å²) in [6.07, 6.45) is 3.88. The van der Waals surface area contributed by atoms with Crippen molar-refractivity contribution >= 4 is 12.6 Å². The van der Waals surface area contributed by atoms with E-state index in [0.29, 0.717) is 13.1 Å². The molecule has 22 heavy (non-hydrogen) atoms. The number of rotatable bonds is 3. The van der Waals surface area contributed by atoms with Gasteiger partial charge in [-0.1, -0.05) is 26.7 Å². The highest BCUT2D eigenvalue weighted by molar-refractivity contribution is 5.68. The molecule has 3 N–H and O–H groups in total. The fourth-order valence-electron chi connectivity index (χ4n) is 1.87. The zero-order valence-electron chi connectivity index (χ0n) is 15.0. The molecule has 1 rings (SSSR count). The monoisotopic (exact) mass is 318 g/mol. The fraction of sp³-hybridized carbons (Fsp3) is 0.875. The van der Waals surface area contributed by atoms with E-state index >= 15 is 0 Å². The van der Waals surface area contributed by atoms with Crippen LogP contribution in [0.15, 0.2) is 0 Å². The van der Waals surface area contributed by atoms with E-state index < -0.39 is 5.60 Å². The summed E-state index contributed by atoms with van der Waals surface area (Å²) in [6, 6.07) is 0.153. The van der Waals surface area contributed by atoms with Crippen LogP contribution in [0.5, 0.6) is 0 Å². The Morgan fingerprint density at radius 3 is 2.18 bits per heavy atom. The second-order valence-electron chi connectivity index (χ2n) is 5.75. The third-order valence-electron chi connectivity index (χ3n) is 2.76. The Morgan fingerprint density at radius 1 is 1.27 bits per heavy atom. The number of nitrogens with two attached hydrogens (primary N) is 1. The van der Waals surface area contributed by atoms with E-state index in [2.05, 4.69) is 10.1 Å². The van der Waals surface area contributed by atoms with Gasteiger partial charge < -0.3 is 20.5 Å². The molecule has 0 radical (unpaired) electrons. The Bertz CT molecular complexity index is 290. The quantitative estimate of drug-likeness (QED) is 0.781. The molecule has 1 aliphatic carbocycles. The van der Waals surface area contributed by atoms with Gasteiger partial charge in [-0.15, -0.1) is 0 Å². The van der Waals surface area contributed by atoms with Crippen LogP contribution in [0.1, 0.15) is 67.2 Å². The Balaban J connectivity index is 0. The molecule has 1 aliphatic rings. The zero-order chi connectivity index (χ0) is 17.6. The molecule has 0 aliphatic heterocycles. The molecule has 0 bridgehead atoms. The number of carbonyl (C=O) groups is 2. The average Bonchev–Trinajstić information content (AvgIpc) is 2.43. The Hall–Kier alpha value is -1.30. The number of nitrogens with one attached hydrogen (secondary N) is 1. The molecule has 0 saturated heterocycles. The highest BCUT2D eigenvalue weighted by Crippen LogP contribution is 2.17. The lowest BCUT2D eigenvalue weighted by Gasteiger charge is -2.30. The van der Waals surface area contributed by atoms with E-state index in [1.165, 1.54) is 0 Å². The summed E-state index contributed by atoms with van der Waals surface area (Å²) in [5.74, 6) is 0. The minimum atomic E-state index is -0.442. The molecular weight excluding hydrogens is 284 g/mol. The van der Waals surface area contributed by atoms with E-state index in [9.17, 15) is 9.59 Å². The van der Waals surface area contributed by atoms with Crippen molar-refractivity contribution in [1.29, 1.82) is 0 Å². The molecule has 6 nitrogen and oxygen atoms in total. The lowest BCUT2D eigenvalue weighted by Crippen LogP contribution is -2.50. The number of hydrogen-bond acceptors (Lipinski definition) is 5. The van der Waals surface area contributed by atoms with Crippen molar-refractivity contribution in [2.24, 2.45) is 5.73 Å². The van der Waals surface area contributed by atoms with Gasteiger partial charge in [0.15, 0.2) is 0 Å². The summed E-state index contributed by atoms with van der Waals surface area (Å²) in [5.41, 5.74) is 5.48. The molecule has 0 spiro atoms. The van der Waals surface area contributed by atoms with E-state index in [1.54, 1.807) is 6.92 Å². The molecule has 0 heterocycles. The highest BCUT2D eigenvalue weighted by Gasteiger charge is 2.25. The first-order valence-electron chi connectivity index (χ1n) is 8.10. The van der Waals surface area contributed by atoms with Crippen LogP contribution < -0.4 is 11.1 Å². The first-order chi connectivity index (χ1) is 10.3. The lowest BCUT2D eigenvalue weighted by atomic mass is 9.91. The van der Waals surface area contributed by atoms with Crippen LogP contribution in [0.2, 0.25) is 0 Å². The van der Waals surface area contributed by atoms with E-state index in [0.717, 1.165) is 25.7 Å². The standard InChI is InChI=1S/C11H22N2O2.C3H6O2.C2H6/c1-11(2,3)15-10(14)13-9-7-5-4-6-8(9)12;1-2-5-3-4;1-2/h8-9H,4-7,12H2,1-3H3,(H,13,14);3H,2H2,1H3;1-2H3. The highest BCUT2D eigenvalue weighted by atomic mass is 16.6. The van der Waals surface area contributed by atoms with Gasteiger partial charge in [-0.3, -0.25) is 4.79 Å². The zero-order valence-corrected chi connectivity index (χ0v) is 15.0. The molecule has 0 aromatic heterocycles. The maximum absolute atomic E-state index is 11.5. The molecule has 2 atom stereocenters. The third kappa shape index (κ3) is 13.7. The minimum absolute atomic E-state index is 0.0752. The normalized spacial score (nSPS) is 20.3. The topological polar surface area (TPSA) is 90.7 Å².